The molecular weight excluding hydrogens is 262 g/mol. The summed E-state index contributed by atoms with van der Waals surface area (Å²) in [5, 5.41) is 0. The summed E-state index contributed by atoms with van der Waals surface area (Å²) in [6.07, 6.45) is 10.3. The third kappa shape index (κ3) is 3.12. The summed E-state index contributed by atoms with van der Waals surface area (Å²) in [6, 6.07) is 1.98. The highest BCUT2D eigenvalue weighted by atomic mass is 15.3. The van der Waals surface area contributed by atoms with E-state index in [0.717, 1.165) is 43.4 Å². The number of hydrogen-bond donors (Lipinski definition) is 2. The summed E-state index contributed by atoms with van der Waals surface area (Å²) in [7, 11) is 0. The van der Waals surface area contributed by atoms with Crippen LogP contribution in [0.4, 0.5) is 11.6 Å². The van der Waals surface area contributed by atoms with Crippen molar-refractivity contribution in [1.29, 1.82) is 0 Å². The van der Waals surface area contributed by atoms with Crippen molar-refractivity contribution in [2.45, 2.75) is 58.3 Å². The number of hydrogen-bond acceptors (Lipinski definition) is 5. The Morgan fingerprint density at radius 3 is 2.52 bits per heavy atom. The van der Waals surface area contributed by atoms with Gasteiger partial charge in [-0.25, -0.2) is 15.8 Å². The molecule has 1 spiro atoms. The van der Waals surface area contributed by atoms with E-state index in [-0.39, 0.29) is 0 Å². The van der Waals surface area contributed by atoms with Crippen LogP contribution in [0.3, 0.4) is 0 Å². The van der Waals surface area contributed by atoms with Gasteiger partial charge < -0.3 is 10.3 Å². The van der Waals surface area contributed by atoms with E-state index in [1.165, 1.54) is 38.5 Å². The van der Waals surface area contributed by atoms with Crippen molar-refractivity contribution in [3.05, 3.63) is 11.9 Å². The summed E-state index contributed by atoms with van der Waals surface area (Å²) in [4.78, 5) is 11.6. The maximum Gasteiger partial charge on any atom is 0.145 e. The van der Waals surface area contributed by atoms with Crippen molar-refractivity contribution in [3.63, 3.8) is 0 Å². The smallest absolute Gasteiger partial charge is 0.145 e. The average molecular weight is 289 g/mol. The Bertz CT molecular complexity index is 472. The molecule has 3 rings (SSSR count). The minimum atomic E-state index is 0.644. The van der Waals surface area contributed by atoms with Gasteiger partial charge in [0.1, 0.15) is 17.5 Å². The fourth-order valence-corrected chi connectivity index (χ4v) is 3.89. The third-order valence-electron chi connectivity index (χ3n) is 5.19. The number of nitrogens with two attached hydrogens (primary N) is 1. The first-order valence-electron chi connectivity index (χ1n) is 8.34. The molecule has 116 valence electrons. The van der Waals surface area contributed by atoms with Crippen LogP contribution in [-0.4, -0.2) is 23.1 Å². The fourth-order valence-electron chi connectivity index (χ4n) is 3.89. The van der Waals surface area contributed by atoms with E-state index in [2.05, 4.69) is 22.2 Å². The van der Waals surface area contributed by atoms with Crippen LogP contribution in [0.5, 0.6) is 0 Å². The van der Waals surface area contributed by atoms with E-state index in [1.807, 2.05) is 6.07 Å². The summed E-state index contributed by atoms with van der Waals surface area (Å²) in [6.45, 7) is 4.38. The second kappa shape index (κ2) is 6.18. The first kappa shape index (κ1) is 14.6. The second-order valence-electron chi connectivity index (χ2n) is 6.62. The lowest BCUT2D eigenvalue weighted by molar-refractivity contribution is 0.226. The van der Waals surface area contributed by atoms with Crippen molar-refractivity contribution in [1.82, 2.24) is 9.97 Å². The molecule has 5 nitrogen and oxygen atoms in total. The molecule has 0 radical (unpaired) electrons. The van der Waals surface area contributed by atoms with Crippen LogP contribution in [0.2, 0.25) is 0 Å². The van der Waals surface area contributed by atoms with Gasteiger partial charge in [0.05, 0.1) is 0 Å². The molecule has 0 amide bonds. The van der Waals surface area contributed by atoms with Gasteiger partial charge in [0.15, 0.2) is 0 Å². The Kier molecular flexibility index (Phi) is 4.29. The van der Waals surface area contributed by atoms with E-state index in [9.17, 15) is 0 Å². The van der Waals surface area contributed by atoms with Crippen LogP contribution in [-0.2, 0) is 6.42 Å². The Balaban J connectivity index is 1.73. The molecule has 0 atom stereocenters. The van der Waals surface area contributed by atoms with E-state index >= 15 is 0 Å². The molecule has 1 saturated heterocycles. The Morgan fingerprint density at radius 2 is 1.90 bits per heavy atom. The van der Waals surface area contributed by atoms with Crippen LogP contribution < -0.4 is 16.2 Å². The Hall–Kier alpha value is -1.36. The van der Waals surface area contributed by atoms with Crippen molar-refractivity contribution in [2.24, 2.45) is 11.3 Å². The first-order chi connectivity index (χ1) is 10.2. The zero-order valence-corrected chi connectivity index (χ0v) is 13.1. The molecule has 1 aromatic rings. The number of anilines is 2. The van der Waals surface area contributed by atoms with E-state index < -0.39 is 0 Å². The molecule has 5 heteroatoms. The summed E-state index contributed by atoms with van der Waals surface area (Å²) < 4.78 is 0. The number of hydrazine groups is 1. The third-order valence-corrected chi connectivity index (χ3v) is 5.19. The average Bonchev–Trinajstić information content (AvgIpc) is 2.96. The van der Waals surface area contributed by atoms with Crippen LogP contribution in [0.25, 0.3) is 0 Å². The summed E-state index contributed by atoms with van der Waals surface area (Å²) in [5.74, 6) is 8.20. The number of nitrogen functional groups attached to an aromatic ring is 1. The molecule has 2 fully saturated rings. The molecule has 1 aromatic heterocycles. The largest absolute Gasteiger partial charge is 0.356 e. The lowest BCUT2D eigenvalue weighted by Crippen LogP contribution is -2.39. The Morgan fingerprint density at radius 1 is 1.19 bits per heavy atom. The van der Waals surface area contributed by atoms with Gasteiger partial charge in [-0.15, -0.1) is 0 Å². The van der Waals surface area contributed by atoms with Gasteiger partial charge in [0, 0.05) is 25.6 Å². The highest BCUT2D eigenvalue weighted by Gasteiger charge is 2.37. The minimum absolute atomic E-state index is 0.644. The maximum atomic E-state index is 5.55. The molecule has 0 bridgehead atoms. The van der Waals surface area contributed by atoms with E-state index in [4.69, 9.17) is 10.8 Å². The van der Waals surface area contributed by atoms with Gasteiger partial charge in [-0.1, -0.05) is 19.8 Å². The highest BCUT2D eigenvalue weighted by Crippen LogP contribution is 2.46. The quantitative estimate of drug-likeness (QED) is 0.659. The van der Waals surface area contributed by atoms with Gasteiger partial charge in [-0.2, -0.15) is 0 Å². The van der Waals surface area contributed by atoms with Crippen LogP contribution in [0, 0.1) is 5.41 Å². The molecule has 3 N–H and O–H groups in total. The Labute approximate surface area is 127 Å². The SMILES string of the molecule is CCCc1nc(NN)cc(N2CCC3(CCCC3)CC2)n1. The van der Waals surface area contributed by atoms with Crippen molar-refractivity contribution >= 4 is 11.6 Å². The molecule has 21 heavy (non-hydrogen) atoms. The molecule has 0 aromatic carbocycles. The molecule has 2 aliphatic rings. The lowest BCUT2D eigenvalue weighted by Gasteiger charge is -2.40. The lowest BCUT2D eigenvalue weighted by atomic mass is 9.77. The van der Waals surface area contributed by atoms with Crippen LogP contribution in [0.15, 0.2) is 6.07 Å². The second-order valence-corrected chi connectivity index (χ2v) is 6.62. The standard InChI is InChI=1S/C16H27N5/c1-2-5-13-18-14(20-17)12-15(19-13)21-10-8-16(9-11-21)6-3-4-7-16/h12H,2-11,17H2,1H3,(H,18,19,20). The molecule has 1 aliphatic heterocycles. The van der Waals surface area contributed by atoms with Crippen molar-refractivity contribution in [3.8, 4) is 0 Å². The topological polar surface area (TPSA) is 67.1 Å². The number of piperidine rings is 1. The molecular formula is C16H27N5. The minimum Gasteiger partial charge on any atom is -0.356 e. The number of nitrogens with one attached hydrogen (secondary N) is 1. The zero-order valence-electron chi connectivity index (χ0n) is 13.1. The number of aromatic nitrogens is 2. The van der Waals surface area contributed by atoms with Crippen molar-refractivity contribution < 1.29 is 0 Å². The maximum absolute atomic E-state index is 5.55. The number of aryl methyl sites for hydroxylation is 1. The van der Waals surface area contributed by atoms with Crippen LogP contribution in [0.1, 0.15) is 57.7 Å². The fraction of sp³-hybridized carbons (Fsp3) is 0.750. The van der Waals surface area contributed by atoms with E-state index in [1.54, 1.807) is 0 Å². The number of nitrogens with zero attached hydrogens (tertiary/aromatic N) is 3. The number of rotatable bonds is 4. The van der Waals surface area contributed by atoms with Gasteiger partial charge in [0.2, 0.25) is 0 Å². The normalized spacial score (nSPS) is 21.0. The van der Waals surface area contributed by atoms with Gasteiger partial charge >= 0.3 is 0 Å². The molecule has 0 unspecified atom stereocenters. The first-order valence-corrected chi connectivity index (χ1v) is 8.34. The monoisotopic (exact) mass is 289 g/mol. The molecule has 1 saturated carbocycles. The van der Waals surface area contributed by atoms with Gasteiger partial charge in [0.25, 0.3) is 0 Å². The highest BCUT2D eigenvalue weighted by molar-refractivity contribution is 5.49. The van der Waals surface area contributed by atoms with Crippen LogP contribution >= 0.6 is 0 Å². The summed E-state index contributed by atoms with van der Waals surface area (Å²) >= 11 is 0. The predicted molar refractivity (Wildman–Crippen MR) is 86.2 cm³/mol. The molecule has 2 heterocycles. The molecule has 1 aliphatic carbocycles. The van der Waals surface area contributed by atoms with E-state index in [0.29, 0.717) is 5.41 Å². The van der Waals surface area contributed by atoms with Gasteiger partial charge in [-0.3, -0.25) is 0 Å². The predicted octanol–water partition coefficient (Wildman–Crippen LogP) is 2.88. The van der Waals surface area contributed by atoms with Gasteiger partial charge in [-0.05, 0) is 37.5 Å². The summed E-state index contributed by atoms with van der Waals surface area (Å²) in [5.41, 5.74) is 3.32. The van der Waals surface area contributed by atoms with Crippen molar-refractivity contribution in [2.75, 3.05) is 23.4 Å². The zero-order chi connectivity index (χ0) is 14.7.